The molecule has 148 valence electrons. The van der Waals surface area contributed by atoms with Crippen LogP contribution in [0, 0.1) is 0 Å². The average Bonchev–Trinajstić information content (AvgIpc) is 2.57. The third kappa shape index (κ3) is 4.60. The standard InChI is InChI=1S/C23H28N2O3/c1-23(2,3)28-22(27)24-12-13-25(4,5)15-18-14-17-10-6-8-16-9-7-11-19(20(16)17)21(18)26/h6-11,14H,12-13,15H2,1-5H3/p+1. The highest BCUT2D eigenvalue weighted by molar-refractivity contribution is 6.22. The molecule has 2 aromatic rings. The van der Waals surface area contributed by atoms with Crippen LogP contribution in [0.4, 0.5) is 4.79 Å². The van der Waals surface area contributed by atoms with E-state index in [2.05, 4.69) is 25.5 Å². The highest BCUT2D eigenvalue weighted by Gasteiger charge is 2.27. The lowest BCUT2D eigenvalue weighted by molar-refractivity contribution is -0.883. The highest BCUT2D eigenvalue weighted by Crippen LogP contribution is 2.31. The van der Waals surface area contributed by atoms with Crippen molar-refractivity contribution in [1.29, 1.82) is 0 Å². The van der Waals surface area contributed by atoms with Gasteiger partial charge in [0, 0.05) is 10.9 Å². The fraction of sp³-hybridized carbons (Fsp3) is 0.391. The summed E-state index contributed by atoms with van der Waals surface area (Å²) in [6, 6.07) is 12.0. The van der Waals surface area contributed by atoms with E-state index in [1.165, 1.54) is 0 Å². The Morgan fingerprint density at radius 1 is 1.11 bits per heavy atom. The molecule has 0 spiro atoms. The molecule has 3 rings (SSSR count). The number of hydrogen-bond donors (Lipinski definition) is 1. The summed E-state index contributed by atoms with van der Waals surface area (Å²) >= 11 is 0. The first-order valence-corrected chi connectivity index (χ1v) is 9.62. The molecule has 5 nitrogen and oxygen atoms in total. The molecule has 0 saturated carbocycles. The van der Waals surface area contributed by atoms with Gasteiger partial charge in [-0.1, -0.05) is 36.4 Å². The van der Waals surface area contributed by atoms with Gasteiger partial charge in [0.15, 0.2) is 5.78 Å². The minimum Gasteiger partial charge on any atom is -0.444 e. The van der Waals surface area contributed by atoms with Gasteiger partial charge in [0.25, 0.3) is 0 Å². The molecule has 1 amide bonds. The number of ketones is 1. The Bertz CT molecular complexity index is 947. The summed E-state index contributed by atoms with van der Waals surface area (Å²) in [5.41, 5.74) is 2.16. The van der Waals surface area contributed by atoms with E-state index >= 15 is 0 Å². The maximum absolute atomic E-state index is 13.1. The van der Waals surface area contributed by atoms with E-state index < -0.39 is 11.7 Å². The van der Waals surface area contributed by atoms with E-state index in [1.807, 2.05) is 57.2 Å². The predicted molar refractivity (Wildman–Crippen MR) is 112 cm³/mol. The zero-order valence-electron chi connectivity index (χ0n) is 17.3. The Morgan fingerprint density at radius 2 is 1.79 bits per heavy atom. The van der Waals surface area contributed by atoms with Crippen LogP contribution >= 0.6 is 0 Å². The van der Waals surface area contributed by atoms with Crippen molar-refractivity contribution < 1.29 is 18.8 Å². The van der Waals surface area contributed by atoms with Gasteiger partial charge in [0.2, 0.25) is 0 Å². The third-order valence-electron chi connectivity index (χ3n) is 4.79. The lowest BCUT2D eigenvalue weighted by Gasteiger charge is -2.31. The molecule has 0 bridgehead atoms. The molecule has 0 aliphatic heterocycles. The molecule has 1 aliphatic rings. The summed E-state index contributed by atoms with van der Waals surface area (Å²) in [5.74, 6) is 0.0931. The largest absolute Gasteiger partial charge is 0.444 e. The quantitative estimate of drug-likeness (QED) is 0.796. The van der Waals surface area contributed by atoms with E-state index in [4.69, 9.17) is 4.74 Å². The number of alkyl carbamates (subject to hydrolysis) is 1. The number of nitrogens with one attached hydrogen (secondary N) is 1. The number of quaternary nitrogens is 1. The molecular weight excluding hydrogens is 352 g/mol. The fourth-order valence-corrected chi connectivity index (χ4v) is 3.54. The van der Waals surface area contributed by atoms with Crippen molar-refractivity contribution in [2.45, 2.75) is 26.4 Å². The fourth-order valence-electron chi connectivity index (χ4n) is 3.54. The predicted octanol–water partition coefficient (Wildman–Crippen LogP) is 4.02. The lowest BCUT2D eigenvalue weighted by Crippen LogP contribution is -2.47. The van der Waals surface area contributed by atoms with Gasteiger partial charge in [-0.15, -0.1) is 0 Å². The van der Waals surface area contributed by atoms with Crippen LogP contribution in [0.3, 0.4) is 0 Å². The van der Waals surface area contributed by atoms with Gasteiger partial charge >= 0.3 is 6.09 Å². The maximum atomic E-state index is 13.1. The molecule has 0 heterocycles. The second kappa shape index (κ2) is 7.40. The normalized spacial score (nSPS) is 14.0. The third-order valence-corrected chi connectivity index (χ3v) is 4.79. The van der Waals surface area contributed by atoms with Crippen LogP contribution in [0.15, 0.2) is 42.0 Å². The van der Waals surface area contributed by atoms with Crippen molar-refractivity contribution in [3.8, 4) is 0 Å². The summed E-state index contributed by atoms with van der Waals surface area (Å²) < 4.78 is 5.86. The van der Waals surface area contributed by atoms with Crippen LogP contribution in [0.25, 0.3) is 16.8 Å². The van der Waals surface area contributed by atoms with Crippen molar-refractivity contribution in [2.75, 3.05) is 33.7 Å². The molecule has 0 saturated heterocycles. The molecule has 0 fully saturated rings. The Balaban J connectivity index is 1.69. The van der Waals surface area contributed by atoms with Gasteiger partial charge in [0.05, 0.1) is 32.8 Å². The van der Waals surface area contributed by atoms with Crippen LogP contribution in [0.1, 0.15) is 36.7 Å². The number of likely N-dealkylation sites (N-methyl/N-ethyl adjacent to an activating group) is 1. The number of Topliss-reactive ketones (excluding diaryl/α,β-unsaturated/α-hetero) is 1. The molecule has 1 aliphatic carbocycles. The van der Waals surface area contributed by atoms with E-state index in [0.29, 0.717) is 24.1 Å². The van der Waals surface area contributed by atoms with Crippen LogP contribution < -0.4 is 5.32 Å². The zero-order valence-corrected chi connectivity index (χ0v) is 17.3. The second-order valence-corrected chi connectivity index (χ2v) is 9.00. The Kier molecular flexibility index (Phi) is 5.31. The van der Waals surface area contributed by atoms with Gasteiger partial charge in [0.1, 0.15) is 12.1 Å². The van der Waals surface area contributed by atoms with Crippen molar-refractivity contribution in [2.24, 2.45) is 0 Å². The zero-order chi connectivity index (χ0) is 20.5. The van der Waals surface area contributed by atoms with Crippen LogP contribution in [-0.4, -0.2) is 55.7 Å². The number of carbonyl (C=O) groups is 2. The topological polar surface area (TPSA) is 55.4 Å². The van der Waals surface area contributed by atoms with Crippen molar-refractivity contribution in [1.82, 2.24) is 5.32 Å². The maximum Gasteiger partial charge on any atom is 0.407 e. The summed E-state index contributed by atoms with van der Waals surface area (Å²) in [6.45, 7) is 7.29. The smallest absolute Gasteiger partial charge is 0.407 e. The SMILES string of the molecule is CC(C)(C)OC(=O)NCC[N+](C)(C)CC1=Cc2cccc3cccc(c23)C1=O. The first kappa shape index (κ1) is 20.1. The number of nitrogens with zero attached hydrogens (tertiary/aromatic N) is 1. The van der Waals surface area contributed by atoms with Crippen molar-refractivity contribution in [3.05, 3.63) is 53.1 Å². The van der Waals surface area contributed by atoms with Gasteiger partial charge in [-0.2, -0.15) is 0 Å². The van der Waals surface area contributed by atoms with Crippen molar-refractivity contribution >= 4 is 28.7 Å². The highest BCUT2D eigenvalue weighted by atomic mass is 16.6. The molecule has 2 aromatic carbocycles. The summed E-state index contributed by atoms with van der Waals surface area (Å²) in [4.78, 5) is 24.9. The number of benzene rings is 2. The summed E-state index contributed by atoms with van der Waals surface area (Å²) in [6.07, 6.45) is 1.60. The number of carbonyl (C=O) groups excluding carboxylic acids is 2. The Labute approximate surface area is 166 Å². The number of amides is 1. The van der Waals surface area contributed by atoms with Gasteiger partial charge in [-0.25, -0.2) is 4.79 Å². The second-order valence-electron chi connectivity index (χ2n) is 9.00. The van der Waals surface area contributed by atoms with Gasteiger partial charge in [-0.3, -0.25) is 4.79 Å². The molecular formula is C23H29N2O3+. The van der Waals surface area contributed by atoms with Crippen LogP contribution in [0.5, 0.6) is 0 Å². The molecule has 28 heavy (non-hydrogen) atoms. The number of rotatable bonds is 5. The molecule has 0 aromatic heterocycles. The monoisotopic (exact) mass is 381 g/mol. The van der Waals surface area contributed by atoms with E-state index in [1.54, 1.807) is 0 Å². The first-order valence-electron chi connectivity index (χ1n) is 9.62. The average molecular weight is 381 g/mol. The first-order chi connectivity index (χ1) is 13.1. The van der Waals surface area contributed by atoms with Crippen LogP contribution in [-0.2, 0) is 4.74 Å². The van der Waals surface area contributed by atoms with Crippen molar-refractivity contribution in [3.63, 3.8) is 0 Å². The van der Waals surface area contributed by atoms with E-state index in [-0.39, 0.29) is 5.78 Å². The van der Waals surface area contributed by atoms with Crippen LogP contribution in [0.2, 0.25) is 0 Å². The summed E-state index contributed by atoms with van der Waals surface area (Å²) in [7, 11) is 4.12. The number of hydrogen-bond acceptors (Lipinski definition) is 3. The molecule has 1 N–H and O–H groups in total. The molecule has 5 heteroatoms. The van der Waals surface area contributed by atoms with Gasteiger partial charge < -0.3 is 14.5 Å². The summed E-state index contributed by atoms with van der Waals surface area (Å²) in [5, 5.41) is 4.92. The number of ether oxygens (including phenoxy) is 1. The molecule has 0 unspecified atom stereocenters. The Morgan fingerprint density at radius 3 is 2.46 bits per heavy atom. The van der Waals surface area contributed by atoms with Gasteiger partial charge in [-0.05, 0) is 37.8 Å². The lowest BCUT2D eigenvalue weighted by atomic mass is 9.87. The minimum absolute atomic E-state index is 0.0931. The van der Waals surface area contributed by atoms with E-state index in [9.17, 15) is 9.59 Å². The molecule has 0 atom stereocenters. The minimum atomic E-state index is -0.512. The van der Waals surface area contributed by atoms with E-state index in [0.717, 1.165) is 27.5 Å². The Hall–Kier alpha value is -2.66. The molecule has 0 radical (unpaired) electrons.